The minimum absolute atomic E-state index is 0.218. The molecule has 0 saturated carbocycles. The number of rotatable bonds is 12. The summed E-state index contributed by atoms with van der Waals surface area (Å²) < 4.78 is 0. The minimum Gasteiger partial charge on any atom is -0.481 e. The molecule has 4 amide bonds. The van der Waals surface area contributed by atoms with Crippen molar-refractivity contribution in [2.24, 2.45) is 17.4 Å². The number of hydrogen-bond donors (Lipinski definition) is 6. The molecule has 5 unspecified atom stereocenters. The molecule has 8 N–H and O–H groups in total. The van der Waals surface area contributed by atoms with Crippen LogP contribution in [0.15, 0.2) is 0 Å². The monoisotopic (exact) mass is 457 g/mol. The highest BCUT2D eigenvalue weighted by Gasteiger charge is 2.40. The van der Waals surface area contributed by atoms with Gasteiger partial charge >= 0.3 is 11.9 Å². The van der Waals surface area contributed by atoms with Crippen LogP contribution < -0.4 is 22.1 Å². The van der Waals surface area contributed by atoms with Crippen LogP contribution >= 0.6 is 0 Å². The van der Waals surface area contributed by atoms with E-state index in [-0.39, 0.29) is 13.0 Å². The van der Waals surface area contributed by atoms with Crippen molar-refractivity contribution in [3.05, 3.63) is 0 Å². The Morgan fingerprint density at radius 1 is 1.06 bits per heavy atom. The van der Waals surface area contributed by atoms with E-state index in [0.29, 0.717) is 12.8 Å². The quantitative estimate of drug-likeness (QED) is 0.186. The van der Waals surface area contributed by atoms with E-state index in [1.54, 1.807) is 13.8 Å². The summed E-state index contributed by atoms with van der Waals surface area (Å²) in [6.45, 7) is 3.67. The summed E-state index contributed by atoms with van der Waals surface area (Å²) in [5, 5.41) is 23.1. The lowest BCUT2D eigenvalue weighted by molar-refractivity contribution is -0.150. The molecule has 1 saturated heterocycles. The fourth-order valence-electron chi connectivity index (χ4n) is 3.37. The molecule has 1 aliphatic heterocycles. The normalized spacial score (nSPS) is 19.3. The molecule has 0 aliphatic carbocycles. The van der Waals surface area contributed by atoms with Crippen molar-refractivity contribution in [2.75, 3.05) is 6.54 Å². The second-order valence-corrected chi connectivity index (χ2v) is 7.84. The second-order valence-electron chi connectivity index (χ2n) is 7.84. The van der Waals surface area contributed by atoms with Crippen molar-refractivity contribution in [1.29, 1.82) is 0 Å². The molecule has 5 atom stereocenters. The van der Waals surface area contributed by atoms with E-state index in [2.05, 4.69) is 10.6 Å². The zero-order valence-electron chi connectivity index (χ0n) is 18.1. The van der Waals surface area contributed by atoms with Gasteiger partial charge in [-0.3, -0.25) is 24.0 Å². The van der Waals surface area contributed by atoms with Gasteiger partial charge in [-0.2, -0.15) is 0 Å². The molecule has 1 fully saturated rings. The Kier molecular flexibility index (Phi) is 10.0. The lowest BCUT2D eigenvalue weighted by Crippen LogP contribution is -2.59. The molecule has 13 heteroatoms. The standard InChI is InChI=1S/C19H31N5O8/c1-3-9(2)15(18(30)24-6-4-5-12(24)19(31)32)23-17(29)11(8-14(26)27)22-16(28)10(20)7-13(21)25/h9-12,15H,3-8,20H2,1-2H3,(H2,21,25)(H,22,28)(H,23,29)(H,26,27)(H,31,32). The predicted octanol–water partition coefficient (Wildman–Crippen LogP) is -2.24. The van der Waals surface area contributed by atoms with Gasteiger partial charge in [-0.15, -0.1) is 0 Å². The maximum Gasteiger partial charge on any atom is 0.326 e. The number of likely N-dealkylation sites (tertiary alicyclic amines) is 1. The van der Waals surface area contributed by atoms with E-state index in [1.807, 2.05) is 0 Å². The van der Waals surface area contributed by atoms with Gasteiger partial charge in [-0.05, 0) is 18.8 Å². The third kappa shape index (κ3) is 7.48. The first-order valence-electron chi connectivity index (χ1n) is 10.3. The average molecular weight is 457 g/mol. The van der Waals surface area contributed by atoms with E-state index < -0.39 is 78.5 Å². The SMILES string of the molecule is CCC(C)C(NC(=O)C(CC(=O)O)NC(=O)C(N)CC(N)=O)C(=O)N1CCCC1C(=O)O. The topological polar surface area (TPSA) is 222 Å². The Morgan fingerprint density at radius 2 is 1.69 bits per heavy atom. The fraction of sp³-hybridized carbons (Fsp3) is 0.684. The van der Waals surface area contributed by atoms with E-state index >= 15 is 0 Å². The summed E-state index contributed by atoms with van der Waals surface area (Å²) in [4.78, 5) is 72.8. The smallest absolute Gasteiger partial charge is 0.326 e. The molecule has 1 heterocycles. The number of carbonyl (C=O) groups is 6. The van der Waals surface area contributed by atoms with E-state index in [1.165, 1.54) is 4.90 Å². The molecule has 0 spiro atoms. The molecule has 0 aromatic heterocycles. The summed E-state index contributed by atoms with van der Waals surface area (Å²) >= 11 is 0. The number of carbonyl (C=O) groups excluding carboxylic acids is 4. The average Bonchev–Trinajstić information content (AvgIpc) is 3.19. The van der Waals surface area contributed by atoms with Crippen LogP contribution in [0.5, 0.6) is 0 Å². The van der Waals surface area contributed by atoms with Crippen LogP contribution in [0.4, 0.5) is 0 Å². The second kappa shape index (κ2) is 12.0. The number of nitrogens with one attached hydrogen (secondary N) is 2. The highest BCUT2D eigenvalue weighted by Crippen LogP contribution is 2.21. The molecular weight excluding hydrogens is 426 g/mol. The molecule has 0 aromatic carbocycles. The first-order chi connectivity index (χ1) is 14.9. The van der Waals surface area contributed by atoms with Crippen LogP contribution in [-0.2, 0) is 28.8 Å². The lowest BCUT2D eigenvalue weighted by Gasteiger charge is -2.31. The van der Waals surface area contributed by atoms with Gasteiger partial charge in [0.15, 0.2) is 0 Å². The van der Waals surface area contributed by atoms with Crippen LogP contribution in [0.1, 0.15) is 46.0 Å². The summed E-state index contributed by atoms with van der Waals surface area (Å²) in [5.74, 6) is -6.30. The van der Waals surface area contributed by atoms with E-state index in [4.69, 9.17) is 16.6 Å². The van der Waals surface area contributed by atoms with Crippen LogP contribution in [0.2, 0.25) is 0 Å². The summed E-state index contributed by atoms with van der Waals surface area (Å²) in [7, 11) is 0. The van der Waals surface area contributed by atoms with Crippen molar-refractivity contribution in [1.82, 2.24) is 15.5 Å². The zero-order valence-corrected chi connectivity index (χ0v) is 18.1. The van der Waals surface area contributed by atoms with Crippen molar-refractivity contribution in [3.63, 3.8) is 0 Å². The van der Waals surface area contributed by atoms with Gasteiger partial charge in [0.25, 0.3) is 0 Å². The maximum atomic E-state index is 13.1. The maximum absolute atomic E-state index is 13.1. The number of carboxylic acids is 2. The predicted molar refractivity (Wildman–Crippen MR) is 110 cm³/mol. The van der Waals surface area contributed by atoms with Crippen LogP contribution in [-0.4, -0.2) is 81.4 Å². The Morgan fingerprint density at radius 3 is 2.19 bits per heavy atom. The van der Waals surface area contributed by atoms with Gasteiger partial charge in [0.05, 0.1) is 18.9 Å². The molecular formula is C19H31N5O8. The highest BCUT2D eigenvalue weighted by molar-refractivity contribution is 5.96. The highest BCUT2D eigenvalue weighted by atomic mass is 16.4. The van der Waals surface area contributed by atoms with E-state index in [0.717, 1.165) is 0 Å². The van der Waals surface area contributed by atoms with Crippen LogP contribution in [0.25, 0.3) is 0 Å². The molecule has 0 aromatic rings. The van der Waals surface area contributed by atoms with Crippen molar-refractivity contribution in [3.8, 4) is 0 Å². The summed E-state index contributed by atoms with van der Waals surface area (Å²) in [5.41, 5.74) is 10.5. The number of aliphatic carboxylic acids is 2. The fourth-order valence-corrected chi connectivity index (χ4v) is 3.37. The first kappa shape index (κ1) is 26.8. The minimum atomic E-state index is -1.58. The number of amides is 4. The molecule has 0 radical (unpaired) electrons. The summed E-state index contributed by atoms with van der Waals surface area (Å²) in [6.07, 6.45) is -0.0603. The van der Waals surface area contributed by atoms with Crippen molar-refractivity contribution in [2.45, 2.75) is 70.1 Å². The Bertz CT molecular complexity index is 758. The molecule has 180 valence electrons. The summed E-state index contributed by atoms with van der Waals surface area (Å²) in [6, 6.07) is -5.09. The van der Waals surface area contributed by atoms with Gasteiger partial charge in [0.2, 0.25) is 23.6 Å². The van der Waals surface area contributed by atoms with E-state index in [9.17, 15) is 33.9 Å². The third-order valence-electron chi connectivity index (χ3n) is 5.37. The molecule has 13 nitrogen and oxygen atoms in total. The number of hydrogen-bond acceptors (Lipinski definition) is 7. The van der Waals surface area contributed by atoms with Gasteiger partial charge in [-0.25, -0.2) is 4.79 Å². The Balaban J connectivity index is 3.04. The molecule has 0 bridgehead atoms. The molecule has 1 aliphatic rings. The number of primary amides is 1. The largest absolute Gasteiger partial charge is 0.481 e. The van der Waals surface area contributed by atoms with Gasteiger partial charge in [-0.1, -0.05) is 20.3 Å². The third-order valence-corrected chi connectivity index (χ3v) is 5.37. The van der Waals surface area contributed by atoms with Gasteiger partial charge < -0.3 is 37.2 Å². The zero-order chi connectivity index (χ0) is 24.6. The lowest BCUT2D eigenvalue weighted by atomic mass is 9.96. The Hall–Kier alpha value is -3.22. The van der Waals surface area contributed by atoms with Gasteiger partial charge in [0, 0.05) is 6.54 Å². The van der Waals surface area contributed by atoms with Crippen molar-refractivity contribution < 1.29 is 39.0 Å². The molecule has 32 heavy (non-hydrogen) atoms. The van der Waals surface area contributed by atoms with Crippen molar-refractivity contribution >= 4 is 35.6 Å². The Labute approximate surface area is 184 Å². The number of nitrogens with two attached hydrogens (primary N) is 2. The number of carboxylic acid groups (broad SMARTS) is 2. The number of nitrogens with zero attached hydrogens (tertiary/aromatic N) is 1. The van der Waals surface area contributed by atoms with Crippen LogP contribution in [0, 0.1) is 5.92 Å². The first-order valence-corrected chi connectivity index (χ1v) is 10.3. The molecule has 1 rings (SSSR count). The van der Waals surface area contributed by atoms with Gasteiger partial charge in [0.1, 0.15) is 18.1 Å². The van der Waals surface area contributed by atoms with Crippen LogP contribution in [0.3, 0.4) is 0 Å².